The van der Waals surface area contributed by atoms with Gasteiger partial charge in [0.15, 0.2) is 0 Å². The summed E-state index contributed by atoms with van der Waals surface area (Å²) in [6.45, 7) is 0.589. The fourth-order valence-corrected chi connectivity index (χ4v) is 2.97. The van der Waals surface area contributed by atoms with Crippen molar-refractivity contribution in [2.24, 2.45) is 0 Å². The number of ether oxygens (including phenoxy) is 2. The molecule has 4 rings (SSSR count). The first-order chi connectivity index (χ1) is 15.6. The van der Waals surface area contributed by atoms with Crippen molar-refractivity contribution in [3.05, 3.63) is 106 Å². The third-order valence-electron chi connectivity index (χ3n) is 4.70. The molecule has 0 aliphatic heterocycles. The molecule has 0 saturated heterocycles. The van der Waals surface area contributed by atoms with Crippen LogP contribution in [0.5, 0.6) is 11.6 Å². The molecule has 0 aliphatic carbocycles. The first-order valence-corrected chi connectivity index (χ1v) is 9.89. The minimum absolute atomic E-state index is 0.246. The topological polar surface area (TPSA) is 95.6 Å². The largest absolute Gasteiger partial charge is 0.497 e. The van der Waals surface area contributed by atoms with E-state index >= 15 is 0 Å². The lowest BCUT2D eigenvalue weighted by Gasteiger charge is -2.10. The van der Waals surface area contributed by atoms with Crippen molar-refractivity contribution >= 4 is 5.91 Å². The Hall–Kier alpha value is -4.33. The summed E-state index contributed by atoms with van der Waals surface area (Å²) in [5.41, 5.74) is 1.61. The molecule has 1 amide bonds. The molecule has 162 valence electrons. The number of nitrogens with zero attached hydrogens (tertiary/aromatic N) is 2. The number of carbonyl (C=O) groups is 1. The number of carbonyl (C=O) groups excluding carboxylic acids is 1. The predicted molar refractivity (Wildman–Crippen MR) is 117 cm³/mol. The van der Waals surface area contributed by atoms with Gasteiger partial charge in [-0.1, -0.05) is 12.1 Å². The Morgan fingerprint density at radius 2 is 1.81 bits per heavy atom. The zero-order valence-corrected chi connectivity index (χ0v) is 17.4. The van der Waals surface area contributed by atoms with Crippen molar-refractivity contribution in [1.82, 2.24) is 15.1 Å². The molecule has 0 fully saturated rings. The average Bonchev–Trinajstić information content (AvgIpc) is 3.36. The molecule has 0 unspecified atom stereocenters. The fraction of sp³-hybridized carbons (Fsp3) is 0.125. The maximum atomic E-state index is 12.3. The molecule has 2 heterocycles. The summed E-state index contributed by atoms with van der Waals surface area (Å²) in [5.74, 6) is 1.49. The van der Waals surface area contributed by atoms with Crippen molar-refractivity contribution < 1.29 is 18.7 Å². The van der Waals surface area contributed by atoms with Crippen LogP contribution in [-0.4, -0.2) is 22.8 Å². The van der Waals surface area contributed by atoms with Crippen molar-refractivity contribution in [2.45, 2.75) is 13.2 Å². The van der Waals surface area contributed by atoms with Gasteiger partial charge in [0.1, 0.15) is 18.1 Å². The number of benzene rings is 2. The quantitative estimate of drug-likeness (QED) is 0.460. The van der Waals surface area contributed by atoms with Crippen LogP contribution in [0.15, 0.2) is 88.3 Å². The van der Waals surface area contributed by atoms with Gasteiger partial charge >= 0.3 is 0 Å². The highest BCUT2D eigenvalue weighted by molar-refractivity contribution is 5.94. The van der Waals surface area contributed by atoms with E-state index in [4.69, 9.17) is 13.9 Å². The van der Waals surface area contributed by atoms with E-state index in [1.807, 2.05) is 24.3 Å². The Morgan fingerprint density at radius 1 is 1.03 bits per heavy atom. The lowest BCUT2D eigenvalue weighted by molar-refractivity contribution is 0.0948. The molecule has 0 atom stereocenters. The molecule has 0 aliphatic rings. The number of rotatable bonds is 8. The maximum absolute atomic E-state index is 12.3. The second kappa shape index (κ2) is 9.65. The minimum Gasteiger partial charge on any atom is -0.497 e. The van der Waals surface area contributed by atoms with Crippen LogP contribution in [0.1, 0.15) is 21.7 Å². The van der Waals surface area contributed by atoms with Gasteiger partial charge in [-0.2, -0.15) is 4.68 Å². The zero-order valence-electron chi connectivity index (χ0n) is 17.4. The average molecular weight is 431 g/mol. The number of methoxy groups -OCH3 is 1. The third-order valence-corrected chi connectivity index (χ3v) is 4.70. The van der Waals surface area contributed by atoms with E-state index in [2.05, 4.69) is 10.4 Å². The van der Waals surface area contributed by atoms with Gasteiger partial charge in [-0.25, -0.2) is 0 Å². The summed E-state index contributed by atoms with van der Waals surface area (Å²) in [5, 5.41) is 7.06. The molecule has 0 radical (unpaired) electrons. The Bertz CT molecular complexity index is 1230. The summed E-state index contributed by atoms with van der Waals surface area (Å²) in [6, 6.07) is 20.5. The number of hydrogen-bond donors (Lipinski definition) is 1. The minimum atomic E-state index is -0.309. The highest BCUT2D eigenvalue weighted by Crippen LogP contribution is 2.14. The van der Waals surface area contributed by atoms with E-state index in [1.165, 1.54) is 16.8 Å². The number of nitrogens with one attached hydrogen (secondary N) is 1. The predicted octanol–water partition coefficient (Wildman–Crippen LogP) is 3.34. The maximum Gasteiger partial charge on any atom is 0.271 e. The van der Waals surface area contributed by atoms with Gasteiger partial charge in [-0.05, 0) is 54.1 Å². The lowest BCUT2D eigenvalue weighted by atomic mass is 10.2. The van der Waals surface area contributed by atoms with E-state index in [0.717, 1.165) is 11.3 Å². The smallest absolute Gasteiger partial charge is 0.271 e. The van der Waals surface area contributed by atoms with E-state index < -0.39 is 0 Å². The summed E-state index contributed by atoms with van der Waals surface area (Å²) >= 11 is 0. The molecule has 8 heteroatoms. The number of amides is 1. The van der Waals surface area contributed by atoms with Gasteiger partial charge in [0, 0.05) is 17.7 Å². The van der Waals surface area contributed by atoms with Gasteiger partial charge in [0.25, 0.3) is 11.5 Å². The first-order valence-electron chi connectivity index (χ1n) is 9.89. The van der Waals surface area contributed by atoms with Gasteiger partial charge in [-0.3, -0.25) is 9.59 Å². The zero-order chi connectivity index (χ0) is 22.3. The highest BCUT2D eigenvalue weighted by atomic mass is 16.5. The Balaban J connectivity index is 1.43. The Kier molecular flexibility index (Phi) is 6.31. The SMILES string of the molecule is COc1ccc(COc2ccc(=O)n(-c3ccc(C(=O)NCc4ccco4)cc3)n2)cc1. The van der Waals surface area contributed by atoms with Crippen LogP contribution in [0.2, 0.25) is 0 Å². The molecule has 8 nitrogen and oxygen atoms in total. The molecular weight excluding hydrogens is 410 g/mol. The molecule has 2 aromatic carbocycles. The van der Waals surface area contributed by atoms with Crippen LogP contribution < -0.4 is 20.3 Å². The van der Waals surface area contributed by atoms with Crippen molar-refractivity contribution in [2.75, 3.05) is 7.11 Å². The summed E-state index contributed by atoms with van der Waals surface area (Å²) in [7, 11) is 1.61. The molecule has 0 spiro atoms. The molecule has 4 aromatic rings. The molecule has 1 N–H and O–H groups in total. The van der Waals surface area contributed by atoms with Gasteiger partial charge in [0.05, 0.1) is 25.6 Å². The fourth-order valence-electron chi connectivity index (χ4n) is 2.97. The van der Waals surface area contributed by atoms with Crippen molar-refractivity contribution in [3.8, 4) is 17.3 Å². The second-order valence-corrected chi connectivity index (χ2v) is 6.87. The van der Waals surface area contributed by atoms with Gasteiger partial charge < -0.3 is 19.2 Å². The van der Waals surface area contributed by atoms with Crippen LogP contribution >= 0.6 is 0 Å². The molecule has 0 saturated carbocycles. The second-order valence-electron chi connectivity index (χ2n) is 6.87. The molecule has 0 bridgehead atoms. The Labute approximate surface area is 184 Å². The standard InChI is InChI=1S/C24H21N3O5/c1-30-20-10-4-17(5-11-20)16-32-22-12-13-23(28)27(26-22)19-8-6-18(7-9-19)24(29)25-15-21-3-2-14-31-21/h2-14H,15-16H2,1H3,(H,25,29). The normalized spacial score (nSPS) is 10.5. The van der Waals surface area contributed by atoms with Gasteiger partial charge in [-0.15, -0.1) is 5.10 Å². The third kappa shape index (κ3) is 5.04. The number of aromatic nitrogens is 2. The van der Waals surface area contributed by atoms with Gasteiger partial charge in [0.2, 0.25) is 5.88 Å². The lowest BCUT2D eigenvalue weighted by Crippen LogP contribution is -2.23. The Morgan fingerprint density at radius 3 is 2.50 bits per heavy atom. The highest BCUT2D eigenvalue weighted by Gasteiger charge is 2.09. The number of furan rings is 1. The summed E-state index contributed by atoms with van der Waals surface area (Å²) in [4.78, 5) is 24.6. The van der Waals surface area contributed by atoms with Crippen LogP contribution in [0.25, 0.3) is 5.69 Å². The molecule has 32 heavy (non-hydrogen) atoms. The van der Waals surface area contributed by atoms with E-state index in [-0.39, 0.29) is 11.5 Å². The van der Waals surface area contributed by atoms with Crippen molar-refractivity contribution in [3.63, 3.8) is 0 Å². The van der Waals surface area contributed by atoms with Crippen LogP contribution in [0.4, 0.5) is 0 Å². The molecule has 2 aromatic heterocycles. The monoisotopic (exact) mass is 431 g/mol. The molecular formula is C24H21N3O5. The summed E-state index contributed by atoms with van der Waals surface area (Å²) < 4.78 is 17.3. The van der Waals surface area contributed by atoms with Crippen LogP contribution in [0, 0.1) is 0 Å². The van der Waals surface area contributed by atoms with Crippen LogP contribution in [-0.2, 0) is 13.2 Å². The van der Waals surface area contributed by atoms with E-state index in [9.17, 15) is 9.59 Å². The van der Waals surface area contributed by atoms with Crippen LogP contribution in [0.3, 0.4) is 0 Å². The first kappa shape index (κ1) is 20.9. The summed E-state index contributed by atoms with van der Waals surface area (Å²) in [6.07, 6.45) is 1.55. The number of hydrogen-bond acceptors (Lipinski definition) is 6. The van der Waals surface area contributed by atoms with E-state index in [1.54, 1.807) is 49.8 Å². The van der Waals surface area contributed by atoms with E-state index in [0.29, 0.717) is 36.0 Å². The van der Waals surface area contributed by atoms with Crippen molar-refractivity contribution in [1.29, 1.82) is 0 Å².